The molecule has 3 rings (SSSR count). The molecule has 0 amide bonds. The van der Waals surface area contributed by atoms with Crippen LogP contribution in [0.4, 0.5) is 5.69 Å². The van der Waals surface area contributed by atoms with Gasteiger partial charge in [0.15, 0.2) is 5.60 Å². The van der Waals surface area contributed by atoms with Crippen molar-refractivity contribution < 1.29 is 23.8 Å². The lowest BCUT2D eigenvalue weighted by atomic mass is 9.62. The van der Waals surface area contributed by atoms with Crippen LogP contribution >= 0.6 is 0 Å². The first-order valence-electron chi connectivity index (χ1n) is 16.8. The van der Waals surface area contributed by atoms with Crippen LogP contribution in [0.5, 0.6) is 0 Å². The predicted molar refractivity (Wildman–Crippen MR) is 189 cm³/mol. The third kappa shape index (κ3) is 9.27. The number of nitrogens with one attached hydrogen (secondary N) is 2. The molecule has 9 atom stereocenters. The highest BCUT2D eigenvalue weighted by molar-refractivity contribution is 6.15. The van der Waals surface area contributed by atoms with Crippen molar-refractivity contribution in [2.45, 2.75) is 103 Å². The average Bonchev–Trinajstić information content (AvgIpc) is 3.54. The number of carbonyl (C=O) groups is 2. The smallest absolute Gasteiger partial charge is 0.316 e. The fourth-order valence-corrected chi connectivity index (χ4v) is 6.70. The molecule has 1 aromatic heterocycles. The van der Waals surface area contributed by atoms with E-state index in [0.29, 0.717) is 38.2 Å². The summed E-state index contributed by atoms with van der Waals surface area (Å²) in [6.07, 6.45) is 14.2. The number of ketones is 1. The molecule has 11 nitrogen and oxygen atoms in total. The van der Waals surface area contributed by atoms with Crippen LogP contribution in [-0.2, 0) is 30.3 Å². The van der Waals surface area contributed by atoms with Gasteiger partial charge in [0.1, 0.15) is 29.6 Å². The number of nitrogens with zero attached hydrogens (tertiary/aromatic N) is 3. The molecule has 260 valence electrons. The van der Waals surface area contributed by atoms with Crippen molar-refractivity contribution in [1.82, 2.24) is 25.6 Å². The second-order valence-electron chi connectivity index (χ2n) is 13.5. The molecule has 2 aromatic rings. The number of esters is 1. The Balaban J connectivity index is 1.87. The molecule has 4 N–H and O–H groups in total. The van der Waals surface area contributed by atoms with Gasteiger partial charge >= 0.3 is 5.97 Å². The molecule has 0 unspecified atom stereocenters. The number of benzene rings is 1. The summed E-state index contributed by atoms with van der Waals surface area (Å²) in [6, 6.07) is 6.90. The van der Waals surface area contributed by atoms with Gasteiger partial charge in [-0.15, -0.1) is 5.10 Å². The Labute approximate surface area is 287 Å². The van der Waals surface area contributed by atoms with Crippen molar-refractivity contribution >= 4 is 25.3 Å². The number of cyclic esters (lactones) is 1. The molecule has 1 aliphatic rings. The summed E-state index contributed by atoms with van der Waals surface area (Å²) >= 11 is 0. The Hall–Kier alpha value is -3.66. The Bertz CT molecular complexity index is 1440. The zero-order valence-corrected chi connectivity index (χ0v) is 29.7. The number of nitrogen functional groups attached to an aromatic ring is 1. The molecule has 0 saturated carbocycles. The highest BCUT2D eigenvalue weighted by Crippen LogP contribution is 2.38. The first-order chi connectivity index (χ1) is 22.7. The van der Waals surface area contributed by atoms with E-state index in [0.717, 1.165) is 11.3 Å². The molecule has 12 heteroatoms. The number of carbonyl (C=O) groups excluding carboxylic acids is 2. The Kier molecular flexibility index (Phi) is 13.8. The van der Waals surface area contributed by atoms with E-state index in [-0.39, 0.29) is 17.7 Å². The van der Waals surface area contributed by atoms with E-state index in [1.807, 2.05) is 70.3 Å². The van der Waals surface area contributed by atoms with E-state index < -0.39 is 47.0 Å². The van der Waals surface area contributed by atoms with Crippen molar-refractivity contribution in [2.75, 3.05) is 25.9 Å². The minimum atomic E-state index is -1.16. The van der Waals surface area contributed by atoms with Crippen LogP contribution in [0.2, 0.25) is 5.82 Å². The first kappa shape index (κ1) is 38.8. The fraction of sp³-hybridized carbons (Fsp3) is 0.611. The Morgan fingerprint density at radius 3 is 2.62 bits per heavy atom. The van der Waals surface area contributed by atoms with Gasteiger partial charge in [0.2, 0.25) is 0 Å². The van der Waals surface area contributed by atoms with E-state index in [2.05, 4.69) is 34.0 Å². The van der Waals surface area contributed by atoms with E-state index in [1.54, 1.807) is 25.6 Å². The van der Waals surface area contributed by atoms with Gasteiger partial charge in [0, 0.05) is 36.9 Å². The molecule has 1 fully saturated rings. The van der Waals surface area contributed by atoms with E-state index >= 15 is 0 Å². The normalized spacial score (nSPS) is 32.6. The third-order valence-electron chi connectivity index (χ3n) is 9.78. The minimum Gasteiger partial charge on any atom is -0.457 e. The van der Waals surface area contributed by atoms with E-state index in [1.165, 1.54) is 0 Å². The van der Waals surface area contributed by atoms with Crippen LogP contribution in [0, 0.1) is 30.3 Å². The highest BCUT2D eigenvalue weighted by atomic mass is 16.6. The third-order valence-corrected chi connectivity index (χ3v) is 9.78. The maximum absolute atomic E-state index is 13.5. The van der Waals surface area contributed by atoms with Gasteiger partial charge in [-0.25, -0.2) is 4.68 Å². The molecule has 0 spiro atoms. The number of allylic oxidation sites excluding steroid dienone is 1. The average molecular weight is 661 g/mol. The van der Waals surface area contributed by atoms with Crippen LogP contribution in [0.25, 0.3) is 11.3 Å². The molecule has 1 saturated heterocycles. The van der Waals surface area contributed by atoms with E-state index in [9.17, 15) is 9.59 Å². The number of nitrogens with two attached hydrogens (primary N) is 1. The lowest BCUT2D eigenvalue weighted by Crippen LogP contribution is -2.65. The second-order valence-corrected chi connectivity index (χ2v) is 13.5. The number of ether oxygens (including phenoxy) is 3. The van der Waals surface area contributed by atoms with Gasteiger partial charge in [-0.05, 0) is 70.9 Å². The molecule has 48 heavy (non-hydrogen) atoms. The summed E-state index contributed by atoms with van der Waals surface area (Å²) in [5, 5.41) is 15.7. The maximum atomic E-state index is 13.5. The fourth-order valence-electron chi connectivity index (χ4n) is 6.70. The molecule has 1 aromatic carbocycles. The molecular weight excluding hydrogens is 607 g/mol. The molecule has 2 heterocycles. The highest BCUT2D eigenvalue weighted by Gasteiger charge is 2.49. The summed E-state index contributed by atoms with van der Waals surface area (Å²) in [5.74, 6) is -3.13. The first-order valence-corrected chi connectivity index (χ1v) is 16.8. The minimum absolute atomic E-state index is 0.133. The Morgan fingerprint density at radius 2 is 1.98 bits per heavy atom. The summed E-state index contributed by atoms with van der Waals surface area (Å²) in [4.78, 5) is 27.0. The second kappa shape index (κ2) is 17.1. The van der Waals surface area contributed by atoms with Crippen LogP contribution < -0.4 is 16.4 Å². The number of terminal acetylenes is 1. The van der Waals surface area contributed by atoms with Crippen molar-refractivity contribution in [1.29, 1.82) is 0 Å². The monoisotopic (exact) mass is 660 g/mol. The zero-order chi connectivity index (χ0) is 35.6. The number of methoxy groups -OCH3 is 1. The lowest BCUT2D eigenvalue weighted by molar-refractivity contribution is -0.173. The molecule has 0 aliphatic carbocycles. The largest absolute Gasteiger partial charge is 0.457 e. The SMILES string of the molecule is [B][C@@H]1[C@@H](C)C(=O)[C@@H](C)C(=O)O[C@H](CC)[C@@](C)(OC#C)[C@H](NC/C=C/Cn2cc(-c3cccc(N)c3)nn2)[C@@H](C)NC[C@H](C)C[C@@]1(C)OC. The maximum Gasteiger partial charge on any atom is 0.316 e. The summed E-state index contributed by atoms with van der Waals surface area (Å²) in [5.41, 5.74) is 6.26. The zero-order valence-electron chi connectivity index (χ0n) is 29.7. The molecule has 1 aliphatic heterocycles. The number of anilines is 1. The molecule has 2 radical (unpaired) electrons. The van der Waals surface area contributed by atoms with Crippen molar-refractivity contribution in [2.24, 2.45) is 17.8 Å². The number of aromatic nitrogens is 3. The number of rotatable bonds is 9. The standard InChI is InChI=1S/C36H53BN6O5/c1-10-30-36(8,47-11-2)33(39-17-12-13-18-43-22-29(41-42-43)27-15-14-16-28(38)19-27)26(6)40-21-23(3)20-35(7,46-9)32(37)24(4)31(44)25(5)34(45)48-30/h2,12-16,19,22-26,30,32-33,39-40H,10,17-18,20-21,38H2,1,3-9H3/b13-12+/t23-,24+,25-,26-,30-,32-,33-,35-,36-/m1/s1. The van der Waals surface area contributed by atoms with Gasteiger partial charge in [0.25, 0.3) is 0 Å². The van der Waals surface area contributed by atoms with Gasteiger partial charge in [-0.3, -0.25) is 9.59 Å². The Morgan fingerprint density at radius 1 is 1.25 bits per heavy atom. The van der Waals surface area contributed by atoms with Crippen molar-refractivity contribution in [3.63, 3.8) is 0 Å². The number of Topliss-reactive ketones (excluding diaryl/α,β-unsaturated/α-hetero) is 1. The van der Waals surface area contributed by atoms with E-state index in [4.69, 9.17) is 34.2 Å². The van der Waals surface area contributed by atoms with Crippen molar-refractivity contribution in [3.8, 4) is 23.8 Å². The van der Waals surface area contributed by atoms with Crippen LogP contribution in [0.3, 0.4) is 0 Å². The molecular formula is C36H53BN6O5. The van der Waals surface area contributed by atoms with Gasteiger partial charge < -0.3 is 30.6 Å². The summed E-state index contributed by atoms with van der Waals surface area (Å²) in [7, 11) is 8.26. The number of hydrogen-bond acceptors (Lipinski definition) is 10. The van der Waals surface area contributed by atoms with Crippen LogP contribution in [0.15, 0.2) is 42.6 Å². The van der Waals surface area contributed by atoms with Crippen LogP contribution in [0.1, 0.15) is 61.3 Å². The lowest BCUT2D eigenvalue weighted by Gasteiger charge is -2.44. The summed E-state index contributed by atoms with van der Waals surface area (Å²) < 4.78 is 19.7. The van der Waals surface area contributed by atoms with Gasteiger partial charge in [0.05, 0.1) is 32.2 Å². The van der Waals surface area contributed by atoms with Gasteiger partial charge in [-0.2, -0.15) is 0 Å². The quantitative estimate of drug-likeness (QED) is 0.0904. The predicted octanol–water partition coefficient (Wildman–Crippen LogP) is 3.95. The number of hydrogen-bond donors (Lipinski definition) is 3. The summed E-state index contributed by atoms with van der Waals surface area (Å²) in [6.45, 7) is 14.7. The topological polar surface area (TPSA) is 143 Å². The van der Waals surface area contributed by atoms with Gasteiger partial charge in [-0.1, -0.05) is 56.7 Å². The van der Waals surface area contributed by atoms with Crippen LogP contribution in [-0.4, -0.2) is 84.2 Å². The molecule has 0 bridgehead atoms. The van der Waals surface area contributed by atoms with Crippen molar-refractivity contribution in [3.05, 3.63) is 42.6 Å².